The quantitative estimate of drug-likeness (QED) is 0.220. The number of fused-ring (bicyclic) bond motifs is 5. The molecule has 0 N–H and O–H groups in total. The Hall–Kier alpha value is -1.86. The van der Waals surface area contributed by atoms with E-state index in [1.165, 1.54) is 57.4 Å². The SMILES string of the molecule is C=CCC[Si](c1ccccc1)(C1CCCC1)C1C2C=C3C(=CC2C2C=C4C(=CC21)C(C)(C)CCC4(C)C)C(C)(C)CCC3(C)C. The first-order valence-corrected chi connectivity index (χ1v) is 21.2. The molecule has 0 saturated heterocycles. The highest BCUT2D eigenvalue weighted by Crippen LogP contribution is 2.68. The Labute approximate surface area is 277 Å². The molecule has 0 bridgehead atoms. The van der Waals surface area contributed by atoms with Gasteiger partial charge in [0.1, 0.15) is 0 Å². The van der Waals surface area contributed by atoms with Crippen LogP contribution in [0.4, 0.5) is 0 Å². The Kier molecular flexibility index (Phi) is 7.64. The van der Waals surface area contributed by atoms with Gasteiger partial charge < -0.3 is 0 Å². The average Bonchev–Trinajstić information content (AvgIpc) is 3.65. The molecule has 0 nitrogen and oxygen atoms in total. The fourth-order valence-corrected chi connectivity index (χ4v) is 19.2. The maximum absolute atomic E-state index is 4.33. The molecule has 0 radical (unpaired) electrons. The van der Waals surface area contributed by atoms with Crippen molar-refractivity contribution in [1.29, 1.82) is 0 Å². The van der Waals surface area contributed by atoms with E-state index >= 15 is 0 Å². The fourth-order valence-electron chi connectivity index (χ4n) is 11.8. The van der Waals surface area contributed by atoms with Crippen molar-refractivity contribution >= 4 is 13.3 Å². The number of hydrogen-bond acceptors (Lipinski definition) is 0. The summed E-state index contributed by atoms with van der Waals surface area (Å²) in [6.07, 6.45) is 26.1. The lowest BCUT2D eigenvalue weighted by Gasteiger charge is -2.51. The van der Waals surface area contributed by atoms with Crippen LogP contribution in [0.3, 0.4) is 0 Å². The summed E-state index contributed by atoms with van der Waals surface area (Å²) in [5, 5.41) is 1.76. The smallest absolute Gasteiger partial charge is 0.0943 e. The van der Waals surface area contributed by atoms with Crippen molar-refractivity contribution in [2.24, 2.45) is 45.3 Å². The summed E-state index contributed by atoms with van der Waals surface area (Å²) in [5.41, 5.74) is 9.48. The summed E-state index contributed by atoms with van der Waals surface area (Å²) in [5.74, 6) is 2.48. The molecule has 4 fully saturated rings. The number of benzene rings is 1. The first-order chi connectivity index (χ1) is 21.2. The third-order valence-electron chi connectivity index (χ3n) is 14.6. The van der Waals surface area contributed by atoms with E-state index in [2.05, 4.69) is 123 Å². The van der Waals surface area contributed by atoms with Crippen LogP contribution in [0.15, 0.2) is 89.6 Å². The van der Waals surface area contributed by atoms with E-state index in [1.54, 1.807) is 27.5 Å². The van der Waals surface area contributed by atoms with Gasteiger partial charge in [-0.15, -0.1) is 6.58 Å². The summed E-state index contributed by atoms with van der Waals surface area (Å²) < 4.78 is 0. The lowest BCUT2D eigenvalue weighted by atomic mass is 9.56. The van der Waals surface area contributed by atoms with Crippen LogP contribution in [0.1, 0.15) is 113 Å². The molecule has 0 spiro atoms. The van der Waals surface area contributed by atoms with Crippen LogP contribution < -0.4 is 5.19 Å². The second-order valence-electron chi connectivity index (χ2n) is 18.9. The first-order valence-electron chi connectivity index (χ1n) is 18.8. The van der Waals surface area contributed by atoms with E-state index in [1.807, 2.05) is 0 Å². The molecule has 0 aliphatic heterocycles. The highest BCUT2D eigenvalue weighted by atomic mass is 28.3. The second kappa shape index (κ2) is 10.8. The molecule has 242 valence electrons. The molecule has 7 rings (SSSR count). The fraction of sp³-hybridized carbons (Fsp3) is 0.636. The molecule has 0 aromatic heterocycles. The minimum Gasteiger partial charge on any atom is -0.103 e. The van der Waals surface area contributed by atoms with E-state index in [-0.39, 0.29) is 21.7 Å². The van der Waals surface area contributed by atoms with Gasteiger partial charge in [0.15, 0.2) is 0 Å². The van der Waals surface area contributed by atoms with Gasteiger partial charge >= 0.3 is 0 Å². The van der Waals surface area contributed by atoms with Crippen LogP contribution in [0.2, 0.25) is 17.1 Å². The minimum absolute atomic E-state index is 0.255. The predicted octanol–water partition coefficient (Wildman–Crippen LogP) is 12.1. The summed E-state index contributed by atoms with van der Waals surface area (Å²) >= 11 is 0. The molecule has 5 atom stereocenters. The molecule has 0 amide bonds. The predicted molar refractivity (Wildman–Crippen MR) is 197 cm³/mol. The maximum atomic E-state index is 4.33. The van der Waals surface area contributed by atoms with Crippen LogP contribution in [0.5, 0.6) is 0 Å². The largest absolute Gasteiger partial charge is 0.103 e. The monoisotopic (exact) mass is 618 g/mol. The molecular formula is C44H62Si. The zero-order valence-electron chi connectivity index (χ0n) is 30.0. The van der Waals surface area contributed by atoms with Crippen molar-refractivity contribution < 1.29 is 0 Å². The highest BCUT2D eigenvalue weighted by Gasteiger charge is 2.62. The van der Waals surface area contributed by atoms with Crippen molar-refractivity contribution in [3.8, 4) is 0 Å². The molecular weight excluding hydrogens is 557 g/mol. The number of rotatable bonds is 6. The minimum atomic E-state index is -2.04. The third-order valence-corrected chi connectivity index (χ3v) is 21.1. The normalized spacial score (nSPS) is 35.3. The molecule has 4 saturated carbocycles. The van der Waals surface area contributed by atoms with E-state index in [0.717, 1.165) is 17.5 Å². The molecule has 1 aromatic rings. The van der Waals surface area contributed by atoms with Crippen molar-refractivity contribution in [3.63, 3.8) is 0 Å². The average molecular weight is 619 g/mol. The number of hydrogen-bond donors (Lipinski definition) is 0. The van der Waals surface area contributed by atoms with Gasteiger partial charge in [0, 0.05) is 0 Å². The Morgan fingerprint density at radius 2 is 1.02 bits per heavy atom. The Morgan fingerprint density at radius 3 is 1.42 bits per heavy atom. The van der Waals surface area contributed by atoms with E-state index < -0.39 is 8.07 Å². The molecule has 0 heterocycles. The molecule has 6 aliphatic rings. The second-order valence-corrected chi connectivity index (χ2v) is 23.5. The van der Waals surface area contributed by atoms with Crippen molar-refractivity contribution in [2.75, 3.05) is 0 Å². The van der Waals surface area contributed by atoms with Gasteiger partial charge in [-0.05, 0) is 117 Å². The van der Waals surface area contributed by atoms with Gasteiger partial charge in [-0.1, -0.05) is 147 Å². The van der Waals surface area contributed by atoms with Crippen LogP contribution in [0.25, 0.3) is 0 Å². The summed E-state index contributed by atoms with van der Waals surface area (Å²) in [6, 6.07) is 13.6. The summed E-state index contributed by atoms with van der Waals surface area (Å²) in [4.78, 5) is 0. The highest BCUT2D eigenvalue weighted by molar-refractivity contribution is 6.94. The zero-order chi connectivity index (χ0) is 32.0. The standard InChI is InChI=1S/C44H62Si/c1-10-11-25-45(31-19-15-16-20-31,30-17-13-12-14-18-30)40-34-28-38-36(41(2,3)21-23-43(38,6)7)26-32(34)33-27-37-39(29-35(33)40)44(8,9)24-22-42(37,4)5/h10,12-14,17-18,26-29,31-35,40H,1,11,15-16,19-25H2,2-9H3. The van der Waals surface area contributed by atoms with E-state index in [0.29, 0.717) is 23.7 Å². The molecule has 1 heteroatoms. The summed E-state index contributed by atoms with van der Waals surface area (Å²) in [7, 11) is -2.04. The van der Waals surface area contributed by atoms with Gasteiger partial charge in [0.05, 0.1) is 8.07 Å². The van der Waals surface area contributed by atoms with Crippen molar-refractivity contribution in [2.45, 2.75) is 130 Å². The topological polar surface area (TPSA) is 0 Å². The van der Waals surface area contributed by atoms with Gasteiger partial charge in [0.2, 0.25) is 0 Å². The Bertz CT molecular complexity index is 1380. The molecule has 45 heavy (non-hydrogen) atoms. The van der Waals surface area contributed by atoms with E-state index in [4.69, 9.17) is 0 Å². The van der Waals surface area contributed by atoms with Crippen molar-refractivity contribution in [3.05, 3.63) is 89.6 Å². The van der Waals surface area contributed by atoms with Crippen LogP contribution in [-0.2, 0) is 0 Å². The van der Waals surface area contributed by atoms with Gasteiger partial charge in [-0.2, -0.15) is 0 Å². The zero-order valence-corrected chi connectivity index (χ0v) is 31.0. The molecule has 5 unspecified atom stereocenters. The third kappa shape index (κ3) is 4.86. The van der Waals surface area contributed by atoms with Gasteiger partial charge in [0.25, 0.3) is 0 Å². The molecule has 6 aliphatic carbocycles. The van der Waals surface area contributed by atoms with Crippen molar-refractivity contribution in [1.82, 2.24) is 0 Å². The van der Waals surface area contributed by atoms with Crippen LogP contribution in [-0.4, -0.2) is 8.07 Å². The van der Waals surface area contributed by atoms with Gasteiger partial charge in [-0.25, -0.2) is 0 Å². The van der Waals surface area contributed by atoms with Gasteiger partial charge in [-0.3, -0.25) is 0 Å². The Morgan fingerprint density at radius 1 is 0.622 bits per heavy atom. The number of allylic oxidation sites excluding steroid dienone is 9. The van der Waals surface area contributed by atoms with E-state index in [9.17, 15) is 0 Å². The maximum Gasteiger partial charge on any atom is 0.0943 e. The summed E-state index contributed by atoms with van der Waals surface area (Å²) in [6.45, 7) is 24.7. The lowest BCUT2D eigenvalue weighted by Crippen LogP contribution is -2.57. The molecule has 1 aromatic carbocycles. The first kappa shape index (κ1) is 31.7. The lowest BCUT2D eigenvalue weighted by molar-refractivity contribution is 0.244. The Balaban J connectivity index is 1.51. The van der Waals surface area contributed by atoms with Crippen LogP contribution in [0, 0.1) is 45.3 Å². The van der Waals surface area contributed by atoms with Crippen LogP contribution >= 0.6 is 0 Å².